The lowest BCUT2D eigenvalue weighted by molar-refractivity contribution is 0.0470. The van der Waals surface area contributed by atoms with E-state index in [1.807, 2.05) is 20.8 Å². The third kappa shape index (κ3) is 5.47. The normalized spacial score (nSPS) is 23.9. The summed E-state index contributed by atoms with van der Waals surface area (Å²) in [6.45, 7) is 5.85. The topological polar surface area (TPSA) is 93.6 Å². The van der Waals surface area contributed by atoms with Gasteiger partial charge in [-0.25, -0.2) is 14.8 Å². The molecule has 0 spiro atoms. The number of hydrogen-bond acceptors (Lipinski definition) is 7. The molecular weight excluding hydrogens is 414 g/mol. The summed E-state index contributed by atoms with van der Waals surface area (Å²) >= 11 is 1.75. The van der Waals surface area contributed by atoms with E-state index < -0.39 is 5.60 Å². The number of aromatic nitrogens is 2. The third-order valence-corrected chi connectivity index (χ3v) is 7.32. The summed E-state index contributed by atoms with van der Waals surface area (Å²) in [5.74, 6) is 1.20. The fourth-order valence-corrected chi connectivity index (χ4v) is 5.80. The van der Waals surface area contributed by atoms with Crippen molar-refractivity contribution >= 4 is 27.6 Å². The lowest BCUT2D eigenvalue weighted by Crippen LogP contribution is -2.42. The van der Waals surface area contributed by atoms with Gasteiger partial charge in [0, 0.05) is 17.5 Å². The van der Waals surface area contributed by atoms with Gasteiger partial charge < -0.3 is 19.9 Å². The lowest BCUT2D eigenvalue weighted by atomic mass is 9.85. The molecule has 8 heteroatoms. The molecule has 1 fully saturated rings. The zero-order chi connectivity index (χ0) is 22.0. The highest BCUT2D eigenvalue weighted by molar-refractivity contribution is 7.18. The van der Waals surface area contributed by atoms with Crippen LogP contribution < -0.4 is 10.1 Å². The molecule has 2 aromatic heterocycles. The molecule has 31 heavy (non-hydrogen) atoms. The first-order chi connectivity index (χ1) is 14.8. The van der Waals surface area contributed by atoms with Crippen LogP contribution in [-0.2, 0) is 17.6 Å². The van der Waals surface area contributed by atoms with Gasteiger partial charge in [0.15, 0.2) is 0 Å². The second-order valence-electron chi connectivity index (χ2n) is 9.72. The Morgan fingerprint density at radius 1 is 1.23 bits per heavy atom. The third-order valence-electron chi connectivity index (χ3n) is 6.12. The second-order valence-corrected chi connectivity index (χ2v) is 10.8. The molecule has 0 bridgehead atoms. The predicted octanol–water partition coefficient (Wildman–Crippen LogP) is 4.39. The first-order valence-electron chi connectivity index (χ1n) is 11.3. The molecule has 2 aliphatic rings. The minimum atomic E-state index is -0.487. The molecule has 1 saturated carbocycles. The van der Waals surface area contributed by atoms with E-state index in [9.17, 15) is 9.90 Å². The molecule has 4 rings (SSSR count). The van der Waals surface area contributed by atoms with Gasteiger partial charge in [0.2, 0.25) is 5.88 Å². The van der Waals surface area contributed by atoms with Gasteiger partial charge in [-0.05, 0) is 83.6 Å². The number of fused-ring (bicyclic) bond motifs is 3. The fraction of sp³-hybridized carbons (Fsp3) is 0.696. The van der Waals surface area contributed by atoms with Crippen LogP contribution in [0.1, 0.15) is 69.7 Å². The van der Waals surface area contributed by atoms with Crippen LogP contribution in [0.4, 0.5) is 4.79 Å². The average Bonchev–Trinajstić information content (AvgIpc) is 3.07. The highest BCUT2D eigenvalue weighted by atomic mass is 32.1. The van der Waals surface area contributed by atoms with E-state index in [2.05, 4.69) is 15.3 Å². The van der Waals surface area contributed by atoms with E-state index in [0.717, 1.165) is 61.6 Å². The Labute approximate surface area is 187 Å². The van der Waals surface area contributed by atoms with Gasteiger partial charge >= 0.3 is 6.09 Å². The van der Waals surface area contributed by atoms with Crippen molar-refractivity contribution in [2.75, 3.05) is 6.61 Å². The standard InChI is InChI=1S/C23H33N3O4S/c1-23(2,3)30-22(28)26-15-5-7-16(8-6-15)29-20-19-17-12-14(10-11-27)4-9-18(17)31-21(19)25-13-24-20/h13-16,27H,4-12H2,1-3H3,(H,26,28). The highest BCUT2D eigenvalue weighted by Crippen LogP contribution is 2.41. The highest BCUT2D eigenvalue weighted by Gasteiger charge is 2.29. The van der Waals surface area contributed by atoms with E-state index in [0.29, 0.717) is 11.8 Å². The van der Waals surface area contributed by atoms with Gasteiger partial charge in [-0.3, -0.25) is 0 Å². The molecule has 0 aromatic carbocycles. The Kier molecular flexibility index (Phi) is 6.67. The van der Waals surface area contributed by atoms with E-state index in [1.54, 1.807) is 17.7 Å². The molecule has 1 amide bonds. The van der Waals surface area contributed by atoms with Crippen LogP contribution in [0.25, 0.3) is 10.2 Å². The van der Waals surface area contributed by atoms with Crippen molar-refractivity contribution in [3.8, 4) is 5.88 Å². The van der Waals surface area contributed by atoms with Gasteiger partial charge in [0.05, 0.1) is 5.39 Å². The lowest BCUT2D eigenvalue weighted by Gasteiger charge is -2.30. The van der Waals surface area contributed by atoms with Crippen LogP contribution in [0, 0.1) is 5.92 Å². The summed E-state index contributed by atoms with van der Waals surface area (Å²) < 4.78 is 11.8. The predicted molar refractivity (Wildman–Crippen MR) is 121 cm³/mol. The number of rotatable bonds is 5. The van der Waals surface area contributed by atoms with Crippen LogP contribution >= 0.6 is 11.3 Å². The van der Waals surface area contributed by atoms with Crippen LogP contribution in [-0.4, -0.2) is 45.5 Å². The number of nitrogens with one attached hydrogen (secondary N) is 1. The molecule has 1 atom stereocenters. The molecule has 170 valence electrons. The molecule has 2 aromatic rings. The minimum absolute atomic E-state index is 0.0853. The summed E-state index contributed by atoms with van der Waals surface area (Å²) in [6.07, 6.45) is 8.76. The number of carbonyl (C=O) groups excluding carboxylic acids is 1. The van der Waals surface area contributed by atoms with Crippen LogP contribution in [0.2, 0.25) is 0 Å². The molecule has 2 heterocycles. The zero-order valence-electron chi connectivity index (χ0n) is 18.6. The molecule has 2 aliphatic carbocycles. The number of thiophene rings is 1. The Balaban J connectivity index is 1.40. The maximum Gasteiger partial charge on any atom is 0.407 e. The van der Waals surface area contributed by atoms with Crippen LogP contribution in [0.15, 0.2) is 6.33 Å². The number of amides is 1. The van der Waals surface area contributed by atoms with Crippen LogP contribution in [0.3, 0.4) is 0 Å². The van der Waals surface area contributed by atoms with E-state index in [1.165, 1.54) is 10.4 Å². The number of aliphatic hydroxyl groups is 1. The number of aryl methyl sites for hydroxylation is 1. The van der Waals surface area contributed by atoms with Gasteiger partial charge in [0.1, 0.15) is 22.9 Å². The summed E-state index contributed by atoms with van der Waals surface area (Å²) in [5, 5.41) is 13.4. The molecule has 1 unspecified atom stereocenters. The summed E-state index contributed by atoms with van der Waals surface area (Å²) in [5.41, 5.74) is 0.833. The van der Waals surface area contributed by atoms with Gasteiger partial charge in [-0.2, -0.15) is 0 Å². The molecule has 0 radical (unpaired) electrons. The number of carbonyl (C=O) groups is 1. The monoisotopic (exact) mass is 447 g/mol. The molecule has 0 aliphatic heterocycles. The Bertz CT molecular complexity index is 915. The second kappa shape index (κ2) is 9.28. The summed E-state index contributed by atoms with van der Waals surface area (Å²) in [4.78, 5) is 23.4. The molecule has 0 saturated heterocycles. The molecular formula is C23H33N3O4S. The van der Waals surface area contributed by atoms with Gasteiger partial charge in [0.25, 0.3) is 0 Å². The quantitative estimate of drug-likeness (QED) is 0.706. The number of hydrogen-bond donors (Lipinski definition) is 2. The Morgan fingerprint density at radius 3 is 2.71 bits per heavy atom. The van der Waals surface area contributed by atoms with E-state index >= 15 is 0 Å². The first kappa shape index (κ1) is 22.3. The maximum atomic E-state index is 12.0. The SMILES string of the molecule is CC(C)(C)OC(=O)NC1CCC(Oc2ncnc3sc4c(c23)CC(CCO)CC4)CC1. The first-order valence-corrected chi connectivity index (χ1v) is 12.2. The van der Waals surface area contributed by atoms with Gasteiger partial charge in [-0.1, -0.05) is 0 Å². The van der Waals surface area contributed by atoms with Crippen molar-refractivity contribution in [2.45, 2.75) is 89.9 Å². The maximum absolute atomic E-state index is 12.0. The smallest absolute Gasteiger partial charge is 0.407 e. The molecule has 7 nitrogen and oxygen atoms in total. The van der Waals surface area contributed by atoms with Crippen molar-refractivity contribution in [3.63, 3.8) is 0 Å². The minimum Gasteiger partial charge on any atom is -0.474 e. The van der Waals surface area contributed by atoms with Crippen molar-refractivity contribution < 1.29 is 19.4 Å². The van der Waals surface area contributed by atoms with E-state index in [-0.39, 0.29) is 24.8 Å². The van der Waals surface area contributed by atoms with Crippen molar-refractivity contribution in [1.29, 1.82) is 0 Å². The molecule has 2 N–H and O–H groups in total. The fourth-order valence-electron chi connectivity index (χ4n) is 4.63. The van der Waals surface area contributed by atoms with Crippen molar-refractivity contribution in [3.05, 3.63) is 16.8 Å². The largest absolute Gasteiger partial charge is 0.474 e. The number of aliphatic hydroxyl groups excluding tert-OH is 1. The van der Waals surface area contributed by atoms with Crippen molar-refractivity contribution in [1.82, 2.24) is 15.3 Å². The van der Waals surface area contributed by atoms with Crippen molar-refractivity contribution in [2.24, 2.45) is 5.92 Å². The van der Waals surface area contributed by atoms with E-state index in [4.69, 9.17) is 9.47 Å². The summed E-state index contributed by atoms with van der Waals surface area (Å²) in [6, 6.07) is 0.119. The zero-order valence-corrected chi connectivity index (χ0v) is 19.5. The van der Waals surface area contributed by atoms with Crippen LogP contribution in [0.5, 0.6) is 5.88 Å². The number of ether oxygens (including phenoxy) is 2. The van der Waals surface area contributed by atoms with Gasteiger partial charge in [-0.15, -0.1) is 11.3 Å². The average molecular weight is 448 g/mol. The number of alkyl carbamates (subject to hydrolysis) is 1. The Morgan fingerprint density at radius 2 is 2.00 bits per heavy atom. The Hall–Kier alpha value is -1.93. The number of nitrogens with zero attached hydrogens (tertiary/aromatic N) is 2. The summed E-state index contributed by atoms with van der Waals surface area (Å²) in [7, 11) is 0.